The molecular formula is C11H15Cl2N. The second kappa shape index (κ2) is 4.90. The highest BCUT2D eigenvalue weighted by atomic mass is 35.5. The highest BCUT2D eigenvalue weighted by molar-refractivity contribution is 6.17. The van der Waals surface area contributed by atoms with Gasteiger partial charge in [-0.25, -0.2) is 0 Å². The van der Waals surface area contributed by atoms with Crippen molar-refractivity contribution in [3.05, 3.63) is 29.3 Å². The fourth-order valence-electron chi connectivity index (χ4n) is 2.06. The van der Waals surface area contributed by atoms with Crippen LogP contribution in [-0.4, -0.2) is 13.6 Å². The molecule has 1 aromatic carbocycles. The number of hydrogen-bond acceptors (Lipinski definition) is 1. The average molecular weight is 232 g/mol. The summed E-state index contributed by atoms with van der Waals surface area (Å²) in [5.41, 5.74) is 4.08. The summed E-state index contributed by atoms with van der Waals surface area (Å²) < 4.78 is 0. The third-order valence-electron chi connectivity index (χ3n) is 2.67. The molecule has 78 valence electrons. The van der Waals surface area contributed by atoms with Crippen molar-refractivity contribution in [1.82, 2.24) is 0 Å². The van der Waals surface area contributed by atoms with Gasteiger partial charge in [-0.05, 0) is 24.0 Å². The van der Waals surface area contributed by atoms with Crippen LogP contribution >= 0.6 is 24.0 Å². The standard InChI is InChI=1S/C11H14ClN.ClH/c1-13-7-3-6-9-4-2-5-10(8-12)11(9)13;/h2,4-5H,3,6-8H2,1H3;1H. The van der Waals surface area contributed by atoms with Gasteiger partial charge in [-0.15, -0.1) is 24.0 Å². The zero-order valence-corrected chi connectivity index (χ0v) is 9.87. The Morgan fingerprint density at radius 1 is 1.43 bits per heavy atom. The minimum absolute atomic E-state index is 0. The molecule has 0 saturated carbocycles. The molecule has 0 N–H and O–H groups in total. The first-order valence-electron chi connectivity index (χ1n) is 4.71. The minimum atomic E-state index is 0. The average Bonchev–Trinajstić information content (AvgIpc) is 2.17. The number of aryl methyl sites for hydroxylation is 1. The van der Waals surface area contributed by atoms with E-state index in [1.807, 2.05) is 0 Å². The minimum Gasteiger partial charge on any atom is -0.374 e. The lowest BCUT2D eigenvalue weighted by molar-refractivity contribution is 0.741. The van der Waals surface area contributed by atoms with Gasteiger partial charge in [0.2, 0.25) is 0 Å². The van der Waals surface area contributed by atoms with E-state index in [0.29, 0.717) is 5.88 Å². The Morgan fingerprint density at radius 2 is 2.21 bits per heavy atom. The van der Waals surface area contributed by atoms with Crippen molar-refractivity contribution in [2.24, 2.45) is 0 Å². The second-order valence-corrected chi connectivity index (χ2v) is 3.85. The number of halogens is 2. The van der Waals surface area contributed by atoms with E-state index in [1.165, 1.54) is 29.7 Å². The summed E-state index contributed by atoms with van der Waals surface area (Å²) in [6, 6.07) is 6.43. The van der Waals surface area contributed by atoms with Crippen LogP contribution < -0.4 is 4.90 Å². The number of benzene rings is 1. The largest absolute Gasteiger partial charge is 0.374 e. The Kier molecular flexibility index (Phi) is 4.09. The van der Waals surface area contributed by atoms with Crippen LogP contribution in [0.5, 0.6) is 0 Å². The van der Waals surface area contributed by atoms with E-state index in [2.05, 4.69) is 30.1 Å². The van der Waals surface area contributed by atoms with E-state index in [9.17, 15) is 0 Å². The van der Waals surface area contributed by atoms with Gasteiger partial charge in [0, 0.05) is 25.2 Å². The van der Waals surface area contributed by atoms with E-state index >= 15 is 0 Å². The van der Waals surface area contributed by atoms with Crippen LogP contribution in [0.1, 0.15) is 17.5 Å². The van der Waals surface area contributed by atoms with Gasteiger partial charge in [0.25, 0.3) is 0 Å². The van der Waals surface area contributed by atoms with Crippen LogP contribution in [0, 0.1) is 0 Å². The van der Waals surface area contributed by atoms with Crippen molar-refractivity contribution in [2.75, 3.05) is 18.5 Å². The SMILES string of the molecule is CN1CCCc2cccc(CCl)c21.Cl. The fraction of sp³-hybridized carbons (Fsp3) is 0.455. The second-order valence-electron chi connectivity index (χ2n) is 3.58. The molecule has 1 aromatic rings. The first kappa shape index (κ1) is 11.7. The molecule has 0 aromatic heterocycles. The Balaban J connectivity index is 0.000000980. The molecule has 0 spiro atoms. The molecule has 0 bridgehead atoms. The van der Waals surface area contributed by atoms with E-state index in [-0.39, 0.29) is 12.4 Å². The first-order chi connectivity index (χ1) is 6.33. The summed E-state index contributed by atoms with van der Waals surface area (Å²) >= 11 is 5.90. The van der Waals surface area contributed by atoms with Crippen LogP contribution in [0.3, 0.4) is 0 Å². The molecule has 2 rings (SSSR count). The fourth-order valence-corrected chi connectivity index (χ4v) is 2.28. The topological polar surface area (TPSA) is 3.24 Å². The van der Waals surface area contributed by atoms with Gasteiger partial charge >= 0.3 is 0 Å². The van der Waals surface area contributed by atoms with E-state index in [0.717, 1.165) is 6.54 Å². The van der Waals surface area contributed by atoms with Crippen LogP contribution in [0.15, 0.2) is 18.2 Å². The Bertz CT molecular complexity index is 298. The zero-order valence-electron chi connectivity index (χ0n) is 8.29. The van der Waals surface area contributed by atoms with E-state index in [1.54, 1.807) is 0 Å². The lowest BCUT2D eigenvalue weighted by Crippen LogP contribution is -2.25. The summed E-state index contributed by atoms with van der Waals surface area (Å²) in [4.78, 5) is 2.32. The summed E-state index contributed by atoms with van der Waals surface area (Å²) in [5, 5.41) is 0. The predicted molar refractivity (Wildman–Crippen MR) is 64.8 cm³/mol. The monoisotopic (exact) mass is 231 g/mol. The van der Waals surface area contributed by atoms with E-state index in [4.69, 9.17) is 11.6 Å². The molecule has 1 aliphatic heterocycles. The maximum Gasteiger partial charge on any atom is 0.0494 e. The van der Waals surface area contributed by atoms with Gasteiger partial charge in [0.1, 0.15) is 0 Å². The number of anilines is 1. The van der Waals surface area contributed by atoms with Crippen molar-refractivity contribution >= 4 is 29.7 Å². The highest BCUT2D eigenvalue weighted by Crippen LogP contribution is 2.30. The summed E-state index contributed by atoms with van der Waals surface area (Å²) in [7, 11) is 2.15. The summed E-state index contributed by atoms with van der Waals surface area (Å²) in [5.74, 6) is 0.619. The maximum absolute atomic E-state index is 5.90. The normalized spacial score (nSPS) is 14.6. The maximum atomic E-state index is 5.90. The van der Waals surface area contributed by atoms with Crippen molar-refractivity contribution < 1.29 is 0 Å². The molecule has 0 atom stereocenters. The molecule has 1 aliphatic rings. The number of nitrogens with zero attached hydrogens (tertiary/aromatic N) is 1. The Hall–Kier alpha value is -0.400. The number of alkyl halides is 1. The summed E-state index contributed by atoms with van der Waals surface area (Å²) in [6.07, 6.45) is 2.46. The van der Waals surface area contributed by atoms with Gasteiger partial charge in [0.15, 0.2) is 0 Å². The molecular weight excluding hydrogens is 217 g/mol. The van der Waals surface area contributed by atoms with Crippen LogP contribution in [0.25, 0.3) is 0 Å². The molecule has 1 nitrogen and oxygen atoms in total. The molecule has 0 fully saturated rings. The smallest absolute Gasteiger partial charge is 0.0494 e. The van der Waals surface area contributed by atoms with Gasteiger partial charge < -0.3 is 4.90 Å². The molecule has 0 amide bonds. The Labute approximate surface area is 96.5 Å². The van der Waals surface area contributed by atoms with Crippen molar-refractivity contribution in [3.8, 4) is 0 Å². The molecule has 0 radical (unpaired) electrons. The van der Waals surface area contributed by atoms with Gasteiger partial charge in [-0.2, -0.15) is 0 Å². The molecule has 1 heterocycles. The first-order valence-corrected chi connectivity index (χ1v) is 5.24. The number of rotatable bonds is 1. The third-order valence-corrected chi connectivity index (χ3v) is 2.96. The summed E-state index contributed by atoms with van der Waals surface area (Å²) in [6.45, 7) is 1.15. The lowest BCUT2D eigenvalue weighted by atomic mass is 9.99. The van der Waals surface area contributed by atoms with Gasteiger partial charge in [-0.1, -0.05) is 18.2 Å². The number of para-hydroxylation sites is 1. The van der Waals surface area contributed by atoms with Crippen molar-refractivity contribution in [3.63, 3.8) is 0 Å². The Morgan fingerprint density at radius 3 is 2.93 bits per heavy atom. The van der Waals surface area contributed by atoms with Gasteiger partial charge in [0.05, 0.1) is 0 Å². The number of fused-ring (bicyclic) bond motifs is 1. The third kappa shape index (κ3) is 1.99. The zero-order chi connectivity index (χ0) is 9.26. The highest BCUT2D eigenvalue weighted by Gasteiger charge is 2.15. The van der Waals surface area contributed by atoms with Crippen LogP contribution in [-0.2, 0) is 12.3 Å². The number of hydrogen-bond donors (Lipinski definition) is 0. The molecule has 0 saturated heterocycles. The van der Waals surface area contributed by atoms with Crippen LogP contribution in [0.4, 0.5) is 5.69 Å². The molecule has 14 heavy (non-hydrogen) atoms. The van der Waals surface area contributed by atoms with Crippen LogP contribution in [0.2, 0.25) is 0 Å². The van der Waals surface area contributed by atoms with Gasteiger partial charge in [-0.3, -0.25) is 0 Å². The quantitative estimate of drug-likeness (QED) is 0.672. The molecule has 3 heteroatoms. The lowest BCUT2D eigenvalue weighted by Gasteiger charge is -2.29. The van der Waals surface area contributed by atoms with E-state index < -0.39 is 0 Å². The predicted octanol–water partition coefficient (Wildman–Crippen LogP) is 3.23. The van der Waals surface area contributed by atoms with Crippen molar-refractivity contribution in [1.29, 1.82) is 0 Å². The van der Waals surface area contributed by atoms with Crippen molar-refractivity contribution in [2.45, 2.75) is 18.7 Å². The molecule has 0 aliphatic carbocycles. The molecule has 0 unspecified atom stereocenters.